The average Bonchev–Trinajstić information content (AvgIpc) is 3.25. The summed E-state index contributed by atoms with van der Waals surface area (Å²) in [6.45, 7) is 7.13. The van der Waals surface area contributed by atoms with Crippen molar-refractivity contribution < 1.29 is 18.9 Å². The molecule has 174 valence electrons. The molecule has 2 aliphatic carbocycles. The van der Waals surface area contributed by atoms with Crippen LogP contribution < -0.4 is 4.74 Å². The van der Waals surface area contributed by atoms with Crippen molar-refractivity contribution in [2.24, 2.45) is 17.3 Å². The molecule has 3 unspecified atom stereocenters. The molecule has 0 aromatic heterocycles. The fourth-order valence-corrected chi connectivity index (χ4v) is 7.04. The van der Waals surface area contributed by atoms with Gasteiger partial charge in [-0.25, -0.2) is 0 Å². The first kappa shape index (κ1) is 22.0. The quantitative estimate of drug-likeness (QED) is 0.674. The Labute approximate surface area is 192 Å². The van der Waals surface area contributed by atoms with E-state index >= 15 is 0 Å². The number of para-hydroxylation sites is 1. The van der Waals surface area contributed by atoms with E-state index in [0.29, 0.717) is 25.2 Å². The molecule has 0 bridgehead atoms. The van der Waals surface area contributed by atoms with Crippen LogP contribution in [-0.2, 0) is 14.2 Å². The molecule has 2 saturated heterocycles. The number of rotatable bonds is 4. The first-order valence-electron chi connectivity index (χ1n) is 12.1. The molecule has 5 atom stereocenters. The Bertz CT molecular complexity index is 875. The lowest BCUT2D eigenvalue weighted by atomic mass is 9.50. The van der Waals surface area contributed by atoms with Crippen LogP contribution >= 0.6 is 0 Å². The van der Waals surface area contributed by atoms with Gasteiger partial charge in [-0.05, 0) is 69.8 Å². The standard InChI is InChI=1S/C27H37NO4/c1-19-10-11-23(29-4)25(32-21-8-6-5-7-9-21)24(19)26-14-15-28(3)20(2)22(26)12-13-27(18-26)30-16-17-31-27/h5-11,20,22,24-25H,12-18H2,1-4H3/t20?,22-,24?,25?,26-/m0/s1. The second-order valence-corrected chi connectivity index (χ2v) is 10.1. The average molecular weight is 440 g/mol. The molecule has 32 heavy (non-hydrogen) atoms. The highest BCUT2D eigenvalue weighted by atomic mass is 16.7. The second kappa shape index (κ2) is 8.51. The van der Waals surface area contributed by atoms with E-state index in [2.05, 4.69) is 37.9 Å². The van der Waals surface area contributed by atoms with E-state index in [4.69, 9.17) is 18.9 Å². The number of hydrogen-bond donors (Lipinski definition) is 0. The summed E-state index contributed by atoms with van der Waals surface area (Å²) in [5, 5.41) is 0. The SMILES string of the molecule is COC1=CC=C(C)C([C@]23CCN(C)C(C)[C@@H]2CCC2(C3)OCCO2)C1Oc1ccccc1. The van der Waals surface area contributed by atoms with Gasteiger partial charge in [-0.15, -0.1) is 0 Å². The van der Waals surface area contributed by atoms with Crippen molar-refractivity contribution in [1.82, 2.24) is 4.90 Å². The molecule has 5 nitrogen and oxygen atoms in total. The van der Waals surface area contributed by atoms with Crippen LogP contribution in [0.1, 0.15) is 39.5 Å². The van der Waals surface area contributed by atoms with Crippen LogP contribution in [0.25, 0.3) is 0 Å². The van der Waals surface area contributed by atoms with E-state index in [1.54, 1.807) is 7.11 Å². The predicted octanol–water partition coefficient (Wildman–Crippen LogP) is 4.79. The van der Waals surface area contributed by atoms with Crippen molar-refractivity contribution in [2.45, 2.75) is 57.5 Å². The van der Waals surface area contributed by atoms with Crippen molar-refractivity contribution in [3.8, 4) is 5.75 Å². The summed E-state index contributed by atoms with van der Waals surface area (Å²) >= 11 is 0. The minimum atomic E-state index is -0.446. The molecule has 5 rings (SSSR count). The Hall–Kier alpha value is -1.82. The molecular formula is C27H37NO4. The van der Waals surface area contributed by atoms with Gasteiger partial charge >= 0.3 is 0 Å². The molecule has 5 heteroatoms. The minimum Gasteiger partial charge on any atom is -0.497 e. The van der Waals surface area contributed by atoms with Crippen molar-refractivity contribution in [3.63, 3.8) is 0 Å². The largest absolute Gasteiger partial charge is 0.497 e. The molecule has 2 heterocycles. The summed E-state index contributed by atoms with van der Waals surface area (Å²) in [7, 11) is 4.03. The van der Waals surface area contributed by atoms with Crippen LogP contribution in [-0.4, -0.2) is 56.7 Å². The second-order valence-electron chi connectivity index (χ2n) is 10.1. The van der Waals surface area contributed by atoms with Gasteiger partial charge in [0.1, 0.15) is 11.5 Å². The lowest BCUT2D eigenvalue weighted by Gasteiger charge is -2.61. The number of piperidine rings is 1. The summed E-state index contributed by atoms with van der Waals surface area (Å²) in [5.41, 5.74) is 1.38. The van der Waals surface area contributed by atoms with Crippen LogP contribution in [0.3, 0.4) is 0 Å². The van der Waals surface area contributed by atoms with Crippen molar-refractivity contribution in [2.75, 3.05) is 33.9 Å². The summed E-state index contributed by atoms with van der Waals surface area (Å²) in [5.74, 6) is 2.09. The summed E-state index contributed by atoms with van der Waals surface area (Å²) in [6.07, 6.45) is 8.27. The number of hydrogen-bond acceptors (Lipinski definition) is 5. The predicted molar refractivity (Wildman–Crippen MR) is 124 cm³/mol. The Morgan fingerprint density at radius 1 is 1.06 bits per heavy atom. The first-order chi connectivity index (χ1) is 15.5. The van der Waals surface area contributed by atoms with E-state index < -0.39 is 5.79 Å². The number of fused-ring (bicyclic) bond motifs is 1. The zero-order valence-corrected chi connectivity index (χ0v) is 19.9. The maximum absolute atomic E-state index is 6.72. The van der Waals surface area contributed by atoms with Gasteiger partial charge in [-0.2, -0.15) is 0 Å². The summed E-state index contributed by atoms with van der Waals surface area (Å²) in [4.78, 5) is 2.53. The molecule has 4 aliphatic rings. The number of ether oxygens (including phenoxy) is 4. The lowest BCUT2D eigenvalue weighted by molar-refractivity contribution is -0.239. The number of methoxy groups -OCH3 is 1. The lowest BCUT2D eigenvalue weighted by Crippen LogP contribution is -2.62. The number of allylic oxidation sites excluding steroid dienone is 2. The Morgan fingerprint density at radius 3 is 2.53 bits per heavy atom. The molecule has 3 fully saturated rings. The van der Waals surface area contributed by atoms with Gasteiger partial charge in [-0.1, -0.05) is 29.8 Å². The molecule has 1 spiro atoms. The van der Waals surface area contributed by atoms with E-state index in [9.17, 15) is 0 Å². The molecule has 1 saturated carbocycles. The fourth-order valence-electron chi connectivity index (χ4n) is 7.04. The highest BCUT2D eigenvalue weighted by Gasteiger charge is 2.61. The van der Waals surface area contributed by atoms with Crippen LogP contribution in [0.2, 0.25) is 0 Å². The van der Waals surface area contributed by atoms with Gasteiger partial charge in [-0.3, -0.25) is 0 Å². The van der Waals surface area contributed by atoms with Crippen LogP contribution in [0, 0.1) is 17.3 Å². The monoisotopic (exact) mass is 439 g/mol. The van der Waals surface area contributed by atoms with Gasteiger partial charge in [0.25, 0.3) is 0 Å². The van der Waals surface area contributed by atoms with Crippen molar-refractivity contribution in [3.05, 3.63) is 53.8 Å². The first-order valence-corrected chi connectivity index (χ1v) is 12.1. The van der Waals surface area contributed by atoms with Gasteiger partial charge in [0.05, 0.1) is 20.3 Å². The maximum atomic E-state index is 6.72. The Balaban J connectivity index is 1.59. The van der Waals surface area contributed by atoms with E-state index in [0.717, 1.165) is 43.7 Å². The molecule has 2 aliphatic heterocycles. The van der Waals surface area contributed by atoms with E-state index in [1.165, 1.54) is 5.57 Å². The highest BCUT2D eigenvalue weighted by molar-refractivity contribution is 5.33. The van der Waals surface area contributed by atoms with Gasteiger partial charge in [0.2, 0.25) is 0 Å². The normalized spacial score (nSPS) is 36.9. The van der Waals surface area contributed by atoms with Crippen molar-refractivity contribution in [1.29, 1.82) is 0 Å². The van der Waals surface area contributed by atoms with E-state index in [-0.39, 0.29) is 17.4 Å². The van der Waals surface area contributed by atoms with Crippen LogP contribution in [0.5, 0.6) is 5.75 Å². The van der Waals surface area contributed by atoms with Crippen LogP contribution in [0.15, 0.2) is 53.8 Å². The van der Waals surface area contributed by atoms with Crippen molar-refractivity contribution >= 4 is 0 Å². The van der Waals surface area contributed by atoms with Crippen LogP contribution in [0.4, 0.5) is 0 Å². The van der Waals surface area contributed by atoms with E-state index in [1.807, 2.05) is 30.3 Å². The third kappa shape index (κ3) is 3.59. The fraction of sp³-hybridized carbons (Fsp3) is 0.630. The Morgan fingerprint density at radius 2 is 1.81 bits per heavy atom. The van der Waals surface area contributed by atoms with Gasteiger partial charge in [0, 0.05) is 24.8 Å². The smallest absolute Gasteiger partial charge is 0.169 e. The molecule has 1 aromatic rings. The maximum Gasteiger partial charge on any atom is 0.169 e. The molecule has 0 radical (unpaired) electrons. The third-order valence-corrected chi connectivity index (χ3v) is 8.64. The molecule has 1 aromatic carbocycles. The molecular weight excluding hydrogens is 402 g/mol. The number of nitrogens with zero attached hydrogens (tertiary/aromatic N) is 1. The zero-order valence-electron chi connectivity index (χ0n) is 19.9. The minimum absolute atomic E-state index is 0.0204. The number of likely N-dealkylation sites (tertiary alicyclic amines) is 1. The van der Waals surface area contributed by atoms with Gasteiger partial charge < -0.3 is 23.8 Å². The topological polar surface area (TPSA) is 40.2 Å². The highest BCUT2D eigenvalue weighted by Crippen LogP contribution is 2.61. The zero-order chi connectivity index (χ0) is 22.3. The van der Waals surface area contributed by atoms with Gasteiger partial charge in [0.15, 0.2) is 11.9 Å². The molecule has 0 N–H and O–H groups in total. The third-order valence-electron chi connectivity index (χ3n) is 8.64. The molecule has 0 amide bonds. The summed E-state index contributed by atoms with van der Waals surface area (Å²) in [6, 6.07) is 10.7. The number of benzene rings is 1. The summed E-state index contributed by atoms with van der Waals surface area (Å²) < 4.78 is 25.2. The Kier molecular flexibility index (Phi) is 5.85.